The molecular formula is C14H20N4O3S. The minimum Gasteiger partial charge on any atom is -0.616 e. The van der Waals surface area contributed by atoms with E-state index in [4.69, 9.17) is 0 Å². The van der Waals surface area contributed by atoms with Crippen molar-refractivity contribution in [1.82, 2.24) is 15.5 Å². The van der Waals surface area contributed by atoms with E-state index in [2.05, 4.69) is 15.6 Å². The molecule has 0 spiro atoms. The average Bonchev–Trinajstić information content (AvgIpc) is 2.50. The van der Waals surface area contributed by atoms with E-state index in [1.165, 1.54) is 6.08 Å². The largest absolute Gasteiger partial charge is 0.616 e. The first-order valence-electron chi connectivity index (χ1n) is 7.11. The molecule has 0 radical (unpaired) electrons. The van der Waals surface area contributed by atoms with Crippen molar-refractivity contribution in [1.29, 1.82) is 0 Å². The van der Waals surface area contributed by atoms with Crippen LogP contribution in [0.2, 0.25) is 0 Å². The second kappa shape index (κ2) is 8.00. The minimum absolute atomic E-state index is 0.202. The van der Waals surface area contributed by atoms with E-state index in [0.717, 1.165) is 0 Å². The molecule has 2 rings (SSSR count). The minimum atomic E-state index is -1.20. The topological polar surface area (TPSA) is 96.9 Å². The van der Waals surface area contributed by atoms with Gasteiger partial charge in [-0.3, -0.25) is 14.6 Å². The van der Waals surface area contributed by atoms with Gasteiger partial charge in [-0.05, 0) is 18.1 Å². The van der Waals surface area contributed by atoms with Crippen LogP contribution in [0.4, 0.5) is 0 Å². The van der Waals surface area contributed by atoms with Crippen molar-refractivity contribution in [3.05, 3.63) is 24.6 Å². The van der Waals surface area contributed by atoms with Crippen LogP contribution in [0.25, 0.3) is 0 Å². The summed E-state index contributed by atoms with van der Waals surface area (Å²) in [5.74, 6) is 0.0952. The van der Waals surface area contributed by atoms with Gasteiger partial charge in [-0.15, -0.1) is 0 Å². The van der Waals surface area contributed by atoms with Gasteiger partial charge in [-0.1, -0.05) is 6.08 Å². The number of carbonyl (C=O) groups is 2. The molecular weight excluding hydrogens is 304 g/mol. The zero-order valence-corrected chi connectivity index (χ0v) is 13.2. The summed E-state index contributed by atoms with van der Waals surface area (Å²) in [4.78, 5) is 29.8. The van der Waals surface area contributed by atoms with E-state index in [1.54, 1.807) is 31.6 Å². The number of amides is 2. The van der Waals surface area contributed by atoms with Gasteiger partial charge in [-0.25, -0.2) is 0 Å². The molecule has 1 unspecified atom stereocenters. The molecule has 8 heteroatoms. The summed E-state index contributed by atoms with van der Waals surface area (Å²) in [7, 11) is 0. The molecule has 0 saturated heterocycles. The molecule has 0 bridgehead atoms. The third kappa shape index (κ3) is 4.88. The summed E-state index contributed by atoms with van der Waals surface area (Å²) in [6.07, 6.45) is 8.07. The Morgan fingerprint density at radius 1 is 1.45 bits per heavy atom. The van der Waals surface area contributed by atoms with Crippen molar-refractivity contribution in [3.63, 3.8) is 0 Å². The summed E-state index contributed by atoms with van der Waals surface area (Å²) in [5, 5.41) is 5.50. The molecule has 2 amide bonds. The lowest BCUT2D eigenvalue weighted by atomic mass is 10.2. The quantitative estimate of drug-likeness (QED) is 0.614. The summed E-state index contributed by atoms with van der Waals surface area (Å²) < 4.78 is 12.2. The van der Waals surface area contributed by atoms with Gasteiger partial charge in [0.1, 0.15) is 11.5 Å². The van der Waals surface area contributed by atoms with Crippen LogP contribution < -0.4 is 10.6 Å². The van der Waals surface area contributed by atoms with E-state index in [0.29, 0.717) is 18.8 Å². The monoisotopic (exact) mass is 324 g/mol. The molecule has 2 aliphatic rings. The maximum absolute atomic E-state index is 12.5. The Kier molecular flexibility index (Phi) is 6.02. The zero-order chi connectivity index (χ0) is 15.9. The highest BCUT2D eigenvalue weighted by molar-refractivity contribution is 7.91. The van der Waals surface area contributed by atoms with Crippen molar-refractivity contribution in [2.24, 2.45) is 4.99 Å². The van der Waals surface area contributed by atoms with Crippen LogP contribution in [0.5, 0.6) is 0 Å². The molecule has 0 saturated carbocycles. The van der Waals surface area contributed by atoms with Gasteiger partial charge in [0.2, 0.25) is 11.8 Å². The number of hydrogen-bond donors (Lipinski definition) is 2. The SMILES string of the molecule is C[C@H]1/C=C/C(=O)NCC[S+]([O-])C[C@H](N2C=CN=CC2)C(=O)N1. The summed E-state index contributed by atoms with van der Waals surface area (Å²) in [5.41, 5.74) is 0. The van der Waals surface area contributed by atoms with Gasteiger partial charge < -0.3 is 20.1 Å². The zero-order valence-electron chi connectivity index (χ0n) is 12.4. The Hall–Kier alpha value is -1.80. The lowest BCUT2D eigenvalue weighted by molar-refractivity contribution is -0.125. The van der Waals surface area contributed by atoms with Crippen LogP contribution in [0, 0.1) is 0 Å². The highest BCUT2D eigenvalue weighted by Gasteiger charge is 2.30. The first-order chi connectivity index (χ1) is 10.6. The first-order valence-corrected chi connectivity index (χ1v) is 8.60. The van der Waals surface area contributed by atoms with Crippen molar-refractivity contribution < 1.29 is 14.1 Å². The molecule has 0 aliphatic carbocycles. The third-order valence-electron chi connectivity index (χ3n) is 3.32. The second-order valence-corrected chi connectivity index (χ2v) is 6.72. The van der Waals surface area contributed by atoms with E-state index in [-0.39, 0.29) is 23.6 Å². The van der Waals surface area contributed by atoms with Gasteiger partial charge in [0, 0.05) is 30.7 Å². The smallest absolute Gasteiger partial charge is 0.248 e. The van der Waals surface area contributed by atoms with Crippen LogP contribution >= 0.6 is 0 Å². The molecule has 2 aliphatic heterocycles. The van der Waals surface area contributed by atoms with Crippen LogP contribution in [0.15, 0.2) is 29.5 Å². The first kappa shape index (κ1) is 16.6. The van der Waals surface area contributed by atoms with Crippen molar-refractivity contribution >= 4 is 29.2 Å². The third-order valence-corrected chi connectivity index (χ3v) is 4.67. The molecule has 0 aromatic carbocycles. The fourth-order valence-corrected chi connectivity index (χ4v) is 3.34. The number of nitrogens with one attached hydrogen (secondary N) is 2. The maximum Gasteiger partial charge on any atom is 0.248 e. The number of hydrogen-bond acceptors (Lipinski definition) is 5. The normalized spacial score (nSPS) is 31.7. The molecule has 0 aromatic rings. The van der Waals surface area contributed by atoms with E-state index < -0.39 is 17.2 Å². The fourth-order valence-electron chi connectivity index (χ4n) is 2.15. The number of carbonyl (C=O) groups excluding carboxylic acids is 2. The van der Waals surface area contributed by atoms with Crippen LogP contribution in [0.3, 0.4) is 0 Å². The Labute approximate surface area is 132 Å². The van der Waals surface area contributed by atoms with Gasteiger partial charge in [0.25, 0.3) is 0 Å². The maximum atomic E-state index is 12.5. The van der Waals surface area contributed by atoms with Crippen LogP contribution in [0.1, 0.15) is 6.92 Å². The molecule has 120 valence electrons. The molecule has 0 aromatic heterocycles. The standard InChI is InChI=1S/C14H20N4O3S/c1-11-2-3-13(19)16-6-9-22(21)10-12(14(20)17-11)18-7-4-15-5-8-18/h2-5,7,11-12H,6,8-10H2,1H3,(H,16,19)(H,17,20)/b3-2+/t11-,12-,22?/m0/s1. The van der Waals surface area contributed by atoms with Gasteiger partial charge >= 0.3 is 0 Å². The highest BCUT2D eigenvalue weighted by Crippen LogP contribution is 2.09. The lowest BCUT2D eigenvalue weighted by Gasteiger charge is -2.30. The summed E-state index contributed by atoms with van der Waals surface area (Å²) in [6, 6.07) is -0.800. The average molecular weight is 324 g/mol. The van der Waals surface area contributed by atoms with Crippen molar-refractivity contribution in [3.8, 4) is 0 Å². The number of nitrogens with zero attached hydrogens (tertiary/aromatic N) is 2. The molecule has 22 heavy (non-hydrogen) atoms. The van der Waals surface area contributed by atoms with Crippen molar-refractivity contribution in [2.75, 3.05) is 24.6 Å². The molecule has 2 heterocycles. The molecule has 7 nitrogen and oxygen atoms in total. The molecule has 3 atom stereocenters. The molecule has 0 fully saturated rings. The predicted octanol–water partition coefficient (Wildman–Crippen LogP) is -0.848. The summed E-state index contributed by atoms with van der Waals surface area (Å²) >= 11 is -1.20. The van der Waals surface area contributed by atoms with Gasteiger partial charge in [0.05, 0.1) is 13.1 Å². The van der Waals surface area contributed by atoms with E-state index in [1.807, 2.05) is 4.90 Å². The van der Waals surface area contributed by atoms with E-state index in [9.17, 15) is 14.1 Å². The Morgan fingerprint density at radius 3 is 3.00 bits per heavy atom. The second-order valence-electron chi connectivity index (χ2n) is 5.10. The van der Waals surface area contributed by atoms with E-state index >= 15 is 0 Å². The van der Waals surface area contributed by atoms with Gasteiger partial charge in [0.15, 0.2) is 6.04 Å². The van der Waals surface area contributed by atoms with Crippen molar-refractivity contribution in [2.45, 2.75) is 19.0 Å². The Bertz CT molecular complexity index is 506. The predicted molar refractivity (Wildman–Crippen MR) is 85.8 cm³/mol. The lowest BCUT2D eigenvalue weighted by Crippen LogP contribution is -2.51. The summed E-state index contributed by atoms with van der Waals surface area (Å²) in [6.45, 7) is 2.62. The Morgan fingerprint density at radius 2 is 2.27 bits per heavy atom. The fraction of sp³-hybridized carbons (Fsp3) is 0.500. The van der Waals surface area contributed by atoms with Gasteiger partial charge in [-0.2, -0.15) is 0 Å². The number of rotatable bonds is 1. The Balaban J connectivity index is 2.13. The highest BCUT2D eigenvalue weighted by atomic mass is 32.2. The van der Waals surface area contributed by atoms with Crippen LogP contribution in [-0.4, -0.2) is 64.2 Å². The molecule has 2 N–H and O–H groups in total. The van der Waals surface area contributed by atoms with Crippen LogP contribution in [-0.2, 0) is 20.8 Å². The number of aliphatic imine (C=N–C) groups is 1.